The molecule has 1 fully saturated rings. The fourth-order valence-corrected chi connectivity index (χ4v) is 2.55. The zero-order chi connectivity index (χ0) is 15.2. The van der Waals surface area contributed by atoms with Crippen LogP contribution in [0.3, 0.4) is 0 Å². The lowest BCUT2D eigenvalue weighted by Gasteiger charge is -2.23. The maximum atomic E-state index is 12.8. The molecule has 5 heteroatoms. The van der Waals surface area contributed by atoms with Gasteiger partial charge in [-0.05, 0) is 44.0 Å². The van der Waals surface area contributed by atoms with Crippen LogP contribution in [-0.2, 0) is 9.59 Å². The molecular formula is C16H21FN2O2. The average molecular weight is 292 g/mol. The van der Waals surface area contributed by atoms with Crippen molar-refractivity contribution in [1.29, 1.82) is 0 Å². The lowest BCUT2D eigenvalue weighted by molar-refractivity contribution is -0.129. The van der Waals surface area contributed by atoms with Gasteiger partial charge in [-0.3, -0.25) is 9.59 Å². The Morgan fingerprint density at radius 1 is 1.14 bits per heavy atom. The smallest absolute Gasteiger partial charge is 0.246 e. The number of rotatable bonds is 4. The van der Waals surface area contributed by atoms with E-state index in [1.807, 2.05) is 0 Å². The van der Waals surface area contributed by atoms with Crippen LogP contribution in [0.2, 0.25) is 0 Å². The van der Waals surface area contributed by atoms with E-state index in [4.69, 9.17) is 0 Å². The second-order valence-corrected chi connectivity index (χ2v) is 5.56. The molecule has 1 aliphatic rings. The van der Waals surface area contributed by atoms with Gasteiger partial charge in [-0.2, -0.15) is 0 Å². The average Bonchev–Trinajstić information content (AvgIpc) is 2.50. The summed E-state index contributed by atoms with van der Waals surface area (Å²) in [6, 6.07) is 4.93. The molecule has 0 spiro atoms. The van der Waals surface area contributed by atoms with Gasteiger partial charge in [0.25, 0.3) is 0 Å². The number of amides is 2. The SMILES string of the molecule is C[C@H](NC(=O)C1CCCCC1)C(=O)Nc1ccc(F)cc1. The molecule has 1 aromatic rings. The van der Waals surface area contributed by atoms with Gasteiger partial charge in [-0.1, -0.05) is 19.3 Å². The summed E-state index contributed by atoms with van der Waals surface area (Å²) in [6.45, 7) is 1.65. The molecule has 1 atom stereocenters. The van der Waals surface area contributed by atoms with Crippen LogP contribution < -0.4 is 10.6 Å². The Morgan fingerprint density at radius 3 is 2.38 bits per heavy atom. The highest BCUT2D eigenvalue weighted by Crippen LogP contribution is 2.23. The lowest BCUT2D eigenvalue weighted by Crippen LogP contribution is -2.44. The Labute approximate surface area is 124 Å². The van der Waals surface area contributed by atoms with E-state index in [-0.39, 0.29) is 23.5 Å². The molecule has 1 saturated carbocycles. The molecule has 0 saturated heterocycles. The molecule has 0 radical (unpaired) electrons. The zero-order valence-electron chi connectivity index (χ0n) is 12.2. The van der Waals surface area contributed by atoms with Gasteiger partial charge in [0, 0.05) is 11.6 Å². The second-order valence-electron chi connectivity index (χ2n) is 5.56. The molecule has 114 valence electrons. The fraction of sp³-hybridized carbons (Fsp3) is 0.500. The predicted molar refractivity (Wildman–Crippen MR) is 79.2 cm³/mol. The summed E-state index contributed by atoms with van der Waals surface area (Å²) in [4.78, 5) is 24.1. The van der Waals surface area contributed by atoms with Crippen LogP contribution in [0.5, 0.6) is 0 Å². The predicted octanol–water partition coefficient (Wildman–Crippen LogP) is 2.85. The third-order valence-corrected chi connectivity index (χ3v) is 3.84. The first-order chi connectivity index (χ1) is 10.1. The van der Waals surface area contributed by atoms with Crippen molar-refractivity contribution in [1.82, 2.24) is 5.32 Å². The number of hydrogen-bond acceptors (Lipinski definition) is 2. The molecule has 0 aliphatic heterocycles. The van der Waals surface area contributed by atoms with Crippen molar-refractivity contribution in [2.75, 3.05) is 5.32 Å². The van der Waals surface area contributed by atoms with Crippen molar-refractivity contribution in [3.05, 3.63) is 30.1 Å². The Morgan fingerprint density at radius 2 is 1.76 bits per heavy atom. The van der Waals surface area contributed by atoms with Crippen molar-refractivity contribution >= 4 is 17.5 Å². The van der Waals surface area contributed by atoms with E-state index in [2.05, 4.69) is 10.6 Å². The quantitative estimate of drug-likeness (QED) is 0.896. The van der Waals surface area contributed by atoms with Gasteiger partial charge >= 0.3 is 0 Å². The van der Waals surface area contributed by atoms with Gasteiger partial charge in [-0.15, -0.1) is 0 Å². The van der Waals surface area contributed by atoms with Crippen LogP contribution in [0.1, 0.15) is 39.0 Å². The molecule has 2 N–H and O–H groups in total. The normalized spacial score (nSPS) is 17.0. The van der Waals surface area contributed by atoms with E-state index in [1.54, 1.807) is 6.92 Å². The van der Waals surface area contributed by atoms with Crippen LogP contribution in [-0.4, -0.2) is 17.9 Å². The Hall–Kier alpha value is -1.91. The van der Waals surface area contributed by atoms with Crippen LogP contribution in [0.25, 0.3) is 0 Å². The standard InChI is InChI=1S/C16H21FN2O2/c1-11(18-16(21)12-5-3-2-4-6-12)15(20)19-14-9-7-13(17)8-10-14/h7-12H,2-6H2,1H3,(H,18,21)(H,19,20)/t11-/m0/s1. The Kier molecular flexibility index (Phi) is 5.31. The molecule has 1 aromatic carbocycles. The minimum absolute atomic E-state index is 0.0276. The monoisotopic (exact) mass is 292 g/mol. The van der Waals surface area contributed by atoms with Crippen molar-refractivity contribution in [3.63, 3.8) is 0 Å². The summed E-state index contributed by atoms with van der Waals surface area (Å²) in [5.41, 5.74) is 0.514. The molecule has 0 aromatic heterocycles. The van der Waals surface area contributed by atoms with Crippen molar-refractivity contribution in [3.8, 4) is 0 Å². The van der Waals surface area contributed by atoms with Gasteiger partial charge in [0.05, 0.1) is 0 Å². The molecule has 2 rings (SSSR count). The fourth-order valence-electron chi connectivity index (χ4n) is 2.55. The van der Waals surface area contributed by atoms with E-state index in [0.717, 1.165) is 25.7 Å². The minimum Gasteiger partial charge on any atom is -0.344 e. The van der Waals surface area contributed by atoms with E-state index < -0.39 is 6.04 Å². The van der Waals surface area contributed by atoms with Crippen LogP contribution in [0.15, 0.2) is 24.3 Å². The first-order valence-corrected chi connectivity index (χ1v) is 7.43. The van der Waals surface area contributed by atoms with Gasteiger partial charge in [0.1, 0.15) is 11.9 Å². The van der Waals surface area contributed by atoms with Crippen LogP contribution >= 0.6 is 0 Å². The number of carbonyl (C=O) groups excluding carboxylic acids is 2. The number of halogens is 1. The molecule has 0 bridgehead atoms. The summed E-state index contributed by atoms with van der Waals surface area (Å²) < 4.78 is 12.8. The Balaban J connectivity index is 1.84. The maximum Gasteiger partial charge on any atom is 0.246 e. The summed E-state index contributed by atoms with van der Waals surface area (Å²) >= 11 is 0. The molecule has 1 aliphatic carbocycles. The number of anilines is 1. The van der Waals surface area contributed by atoms with E-state index in [0.29, 0.717) is 5.69 Å². The van der Waals surface area contributed by atoms with E-state index in [1.165, 1.54) is 30.7 Å². The van der Waals surface area contributed by atoms with Crippen LogP contribution in [0.4, 0.5) is 10.1 Å². The highest BCUT2D eigenvalue weighted by atomic mass is 19.1. The molecule has 0 heterocycles. The second kappa shape index (κ2) is 7.20. The largest absolute Gasteiger partial charge is 0.344 e. The number of carbonyl (C=O) groups is 2. The topological polar surface area (TPSA) is 58.2 Å². The molecule has 0 unspecified atom stereocenters. The summed E-state index contributed by atoms with van der Waals surface area (Å²) in [5.74, 6) is -0.673. The number of hydrogen-bond donors (Lipinski definition) is 2. The summed E-state index contributed by atoms with van der Waals surface area (Å²) in [6.07, 6.45) is 5.14. The third kappa shape index (κ3) is 4.55. The van der Waals surface area contributed by atoms with Gasteiger partial charge in [0.2, 0.25) is 11.8 Å². The van der Waals surface area contributed by atoms with Gasteiger partial charge < -0.3 is 10.6 Å². The highest BCUT2D eigenvalue weighted by molar-refractivity contribution is 5.97. The van der Waals surface area contributed by atoms with Crippen molar-refractivity contribution in [2.45, 2.75) is 45.1 Å². The summed E-state index contributed by atoms with van der Waals surface area (Å²) in [5, 5.41) is 5.41. The van der Waals surface area contributed by atoms with E-state index >= 15 is 0 Å². The highest BCUT2D eigenvalue weighted by Gasteiger charge is 2.24. The summed E-state index contributed by atoms with van der Waals surface area (Å²) in [7, 11) is 0. The third-order valence-electron chi connectivity index (χ3n) is 3.84. The van der Waals surface area contributed by atoms with Crippen LogP contribution in [0, 0.1) is 11.7 Å². The number of benzene rings is 1. The molecule has 21 heavy (non-hydrogen) atoms. The molecular weight excluding hydrogens is 271 g/mol. The van der Waals surface area contributed by atoms with Gasteiger partial charge in [-0.25, -0.2) is 4.39 Å². The molecule has 4 nitrogen and oxygen atoms in total. The number of nitrogens with one attached hydrogen (secondary N) is 2. The zero-order valence-corrected chi connectivity index (χ0v) is 12.2. The Bertz CT molecular complexity index is 496. The molecule has 2 amide bonds. The first-order valence-electron chi connectivity index (χ1n) is 7.43. The van der Waals surface area contributed by atoms with E-state index in [9.17, 15) is 14.0 Å². The van der Waals surface area contributed by atoms with Crippen molar-refractivity contribution in [2.24, 2.45) is 5.92 Å². The minimum atomic E-state index is -0.607. The van der Waals surface area contributed by atoms with Gasteiger partial charge in [0.15, 0.2) is 0 Å². The lowest BCUT2D eigenvalue weighted by atomic mass is 9.88. The maximum absolute atomic E-state index is 12.8. The van der Waals surface area contributed by atoms with Crippen molar-refractivity contribution < 1.29 is 14.0 Å². The first kappa shape index (κ1) is 15.5.